The average Bonchev–Trinajstić information content (AvgIpc) is 3.24. The number of nitriles is 1. The molecule has 0 saturated heterocycles. The summed E-state index contributed by atoms with van der Waals surface area (Å²) in [4.78, 5) is 0. The smallest absolute Gasteiger partial charge is 0.0991 e. The second-order valence-corrected chi connectivity index (χ2v) is 14.7. The molecular formula is C35H53NO. The van der Waals surface area contributed by atoms with Gasteiger partial charge in [0.05, 0.1) is 24.3 Å². The summed E-state index contributed by atoms with van der Waals surface area (Å²) in [6, 6.07) is 10.1. The van der Waals surface area contributed by atoms with Gasteiger partial charge in [0.2, 0.25) is 0 Å². The zero-order valence-corrected chi connectivity index (χ0v) is 24.5. The normalized spacial score (nSPS) is 39.9. The molecule has 4 fully saturated rings. The predicted octanol–water partition coefficient (Wildman–Crippen LogP) is 9.56. The fourth-order valence-electron chi connectivity index (χ4n) is 10.3. The minimum atomic E-state index is 0.404. The summed E-state index contributed by atoms with van der Waals surface area (Å²) in [5, 5.41) is 9.05. The number of nitrogens with zero attached hydrogens (tertiary/aromatic N) is 1. The van der Waals surface area contributed by atoms with E-state index in [0.717, 1.165) is 47.0 Å². The molecule has 2 unspecified atom stereocenters. The summed E-state index contributed by atoms with van der Waals surface area (Å²) in [6.07, 6.45) is 17.4. The molecule has 0 radical (unpaired) electrons. The summed E-state index contributed by atoms with van der Waals surface area (Å²) in [5.41, 5.74) is 3.05. The van der Waals surface area contributed by atoms with Crippen molar-refractivity contribution in [3.63, 3.8) is 0 Å². The molecule has 2 nitrogen and oxygen atoms in total. The molecular weight excluding hydrogens is 450 g/mol. The number of hydrogen-bond acceptors (Lipinski definition) is 2. The van der Waals surface area contributed by atoms with Crippen LogP contribution in [-0.4, -0.2) is 6.10 Å². The van der Waals surface area contributed by atoms with Gasteiger partial charge in [-0.2, -0.15) is 5.26 Å². The van der Waals surface area contributed by atoms with E-state index in [1.54, 1.807) is 0 Å². The van der Waals surface area contributed by atoms with E-state index in [1.165, 1.54) is 82.6 Å². The topological polar surface area (TPSA) is 33.0 Å². The molecule has 4 aliphatic rings. The first-order chi connectivity index (χ1) is 17.7. The molecule has 9 atom stereocenters. The van der Waals surface area contributed by atoms with Crippen LogP contribution in [-0.2, 0) is 11.3 Å². The molecule has 5 rings (SSSR count). The molecule has 0 spiro atoms. The van der Waals surface area contributed by atoms with Crippen LogP contribution in [0.5, 0.6) is 0 Å². The molecule has 0 amide bonds. The van der Waals surface area contributed by atoms with Gasteiger partial charge in [0, 0.05) is 0 Å². The lowest BCUT2D eigenvalue weighted by Crippen LogP contribution is -2.54. The Morgan fingerprint density at radius 2 is 1.62 bits per heavy atom. The van der Waals surface area contributed by atoms with E-state index in [4.69, 9.17) is 10.00 Å². The first kappa shape index (κ1) is 27.2. The van der Waals surface area contributed by atoms with Crippen molar-refractivity contribution in [3.8, 4) is 6.07 Å². The molecule has 4 saturated carbocycles. The Morgan fingerprint density at radius 1 is 0.892 bits per heavy atom. The molecule has 1 aromatic carbocycles. The Bertz CT molecular complexity index is 945. The fourth-order valence-corrected chi connectivity index (χ4v) is 10.3. The lowest BCUT2D eigenvalue weighted by molar-refractivity contribution is -0.138. The minimum Gasteiger partial charge on any atom is -0.374 e. The van der Waals surface area contributed by atoms with Gasteiger partial charge in [-0.3, -0.25) is 0 Å². The van der Waals surface area contributed by atoms with E-state index >= 15 is 0 Å². The van der Waals surface area contributed by atoms with Crippen molar-refractivity contribution in [2.24, 2.45) is 52.3 Å². The van der Waals surface area contributed by atoms with E-state index in [0.29, 0.717) is 23.5 Å². The molecule has 0 bridgehead atoms. The lowest BCUT2D eigenvalue weighted by Gasteiger charge is -2.61. The Hall–Kier alpha value is -1.33. The van der Waals surface area contributed by atoms with Crippen molar-refractivity contribution < 1.29 is 4.74 Å². The van der Waals surface area contributed by atoms with Crippen LogP contribution in [0.4, 0.5) is 0 Å². The summed E-state index contributed by atoms with van der Waals surface area (Å²) in [6.45, 7) is 13.5. The second-order valence-electron chi connectivity index (χ2n) is 14.7. The SMILES string of the molecule is CC(C)CCC[C@@H](C)[C@H]1CC[C@H]2[C@@H]3CCC4CC(OCc5ccc(C#N)cc5)CC[C@]4(C)[C@H]3CC[C@]12C. The zero-order chi connectivity index (χ0) is 26.2. The molecule has 4 aliphatic carbocycles. The molecule has 0 N–H and O–H groups in total. The van der Waals surface area contributed by atoms with E-state index in [2.05, 4.69) is 52.8 Å². The zero-order valence-electron chi connectivity index (χ0n) is 24.5. The highest BCUT2D eigenvalue weighted by atomic mass is 16.5. The van der Waals surface area contributed by atoms with Crippen molar-refractivity contribution in [1.29, 1.82) is 5.26 Å². The Labute approximate surface area is 227 Å². The monoisotopic (exact) mass is 503 g/mol. The van der Waals surface area contributed by atoms with Gasteiger partial charge in [-0.15, -0.1) is 0 Å². The van der Waals surface area contributed by atoms with Crippen LogP contribution in [0.3, 0.4) is 0 Å². The molecule has 0 aliphatic heterocycles. The minimum absolute atomic E-state index is 0.404. The van der Waals surface area contributed by atoms with Crippen molar-refractivity contribution in [2.45, 2.75) is 124 Å². The van der Waals surface area contributed by atoms with Crippen LogP contribution in [0.15, 0.2) is 24.3 Å². The Morgan fingerprint density at radius 3 is 2.35 bits per heavy atom. The summed E-state index contributed by atoms with van der Waals surface area (Å²) >= 11 is 0. The van der Waals surface area contributed by atoms with Crippen LogP contribution in [0.1, 0.15) is 123 Å². The highest BCUT2D eigenvalue weighted by molar-refractivity contribution is 5.31. The molecule has 0 heterocycles. The average molecular weight is 504 g/mol. The van der Waals surface area contributed by atoms with Gasteiger partial charge in [-0.25, -0.2) is 0 Å². The largest absolute Gasteiger partial charge is 0.374 e. The van der Waals surface area contributed by atoms with Gasteiger partial charge in [-0.05, 0) is 128 Å². The van der Waals surface area contributed by atoms with Gasteiger partial charge in [0.15, 0.2) is 0 Å². The molecule has 37 heavy (non-hydrogen) atoms. The summed E-state index contributed by atoms with van der Waals surface area (Å²) in [5.74, 6) is 6.45. The molecule has 1 aromatic rings. The lowest BCUT2D eigenvalue weighted by atomic mass is 9.44. The first-order valence-electron chi connectivity index (χ1n) is 15.8. The molecule has 204 valence electrons. The first-order valence-corrected chi connectivity index (χ1v) is 15.8. The number of ether oxygens (including phenoxy) is 1. The van der Waals surface area contributed by atoms with E-state index in [-0.39, 0.29) is 0 Å². The van der Waals surface area contributed by atoms with Crippen LogP contribution in [0.25, 0.3) is 0 Å². The van der Waals surface area contributed by atoms with Gasteiger partial charge >= 0.3 is 0 Å². The van der Waals surface area contributed by atoms with E-state index in [1.807, 2.05) is 12.1 Å². The van der Waals surface area contributed by atoms with Gasteiger partial charge in [0.1, 0.15) is 0 Å². The van der Waals surface area contributed by atoms with Crippen molar-refractivity contribution >= 4 is 0 Å². The maximum Gasteiger partial charge on any atom is 0.0991 e. The number of hydrogen-bond donors (Lipinski definition) is 0. The van der Waals surface area contributed by atoms with Crippen LogP contribution in [0.2, 0.25) is 0 Å². The Balaban J connectivity index is 1.19. The summed E-state index contributed by atoms with van der Waals surface area (Å²) in [7, 11) is 0. The third kappa shape index (κ3) is 5.29. The highest BCUT2D eigenvalue weighted by Gasteiger charge is 2.60. The molecule has 0 aromatic heterocycles. The quantitative estimate of drug-likeness (QED) is 0.354. The second kappa shape index (κ2) is 11.0. The summed E-state index contributed by atoms with van der Waals surface area (Å²) < 4.78 is 6.46. The van der Waals surface area contributed by atoms with E-state index in [9.17, 15) is 0 Å². The van der Waals surface area contributed by atoms with Gasteiger partial charge in [0.25, 0.3) is 0 Å². The number of rotatable bonds is 8. The molecule has 2 heteroatoms. The van der Waals surface area contributed by atoms with Gasteiger partial charge in [-0.1, -0.05) is 66.0 Å². The Kier molecular flexibility index (Phi) is 8.13. The van der Waals surface area contributed by atoms with Crippen molar-refractivity contribution in [2.75, 3.05) is 0 Å². The number of benzene rings is 1. The maximum absolute atomic E-state index is 9.05. The maximum atomic E-state index is 9.05. The van der Waals surface area contributed by atoms with Gasteiger partial charge < -0.3 is 4.74 Å². The van der Waals surface area contributed by atoms with Crippen LogP contribution < -0.4 is 0 Å². The van der Waals surface area contributed by atoms with Crippen LogP contribution in [0, 0.1) is 63.6 Å². The van der Waals surface area contributed by atoms with Crippen molar-refractivity contribution in [3.05, 3.63) is 35.4 Å². The third-order valence-corrected chi connectivity index (χ3v) is 12.4. The van der Waals surface area contributed by atoms with E-state index < -0.39 is 0 Å². The predicted molar refractivity (Wildman–Crippen MR) is 153 cm³/mol. The van der Waals surface area contributed by atoms with Crippen molar-refractivity contribution in [1.82, 2.24) is 0 Å². The number of fused-ring (bicyclic) bond motifs is 5. The third-order valence-electron chi connectivity index (χ3n) is 12.4. The van der Waals surface area contributed by atoms with Crippen LogP contribution >= 0.6 is 0 Å². The fraction of sp³-hybridized carbons (Fsp3) is 0.800. The highest BCUT2D eigenvalue weighted by Crippen LogP contribution is 2.68. The standard InChI is InChI=1S/C35H53NO/c1-24(2)7-6-8-25(3)31-15-16-32-30-14-13-28-21-29(37-23-27-11-9-26(22-36)10-12-27)17-19-34(28,4)33(30)18-20-35(31,32)5/h9-12,24-25,28-33H,6-8,13-21,23H2,1-5H3/t25-,28?,29?,30+,31-,32+,33+,34+,35-/m1/s1.